The lowest BCUT2D eigenvalue weighted by Crippen LogP contribution is -1.95. The van der Waals surface area contributed by atoms with Crippen molar-refractivity contribution in [1.29, 1.82) is 0 Å². The zero-order valence-corrected chi connectivity index (χ0v) is 11.7. The van der Waals surface area contributed by atoms with E-state index in [0.717, 1.165) is 17.0 Å². The Morgan fingerprint density at radius 3 is 2.53 bits per heavy atom. The van der Waals surface area contributed by atoms with Crippen molar-refractivity contribution in [2.24, 2.45) is 5.41 Å². The summed E-state index contributed by atoms with van der Waals surface area (Å²) in [6.45, 7) is 4.39. The summed E-state index contributed by atoms with van der Waals surface area (Å²) in [4.78, 5) is 16.3. The largest absolute Gasteiger partial charge is 0.477 e. The van der Waals surface area contributed by atoms with Crippen molar-refractivity contribution in [2.45, 2.75) is 26.2 Å². The number of hydrogen-bond acceptors (Lipinski definition) is 3. The van der Waals surface area contributed by atoms with Gasteiger partial charge in [0, 0.05) is 11.5 Å². The highest BCUT2D eigenvalue weighted by molar-refractivity contribution is 7.14. The van der Waals surface area contributed by atoms with Crippen molar-refractivity contribution < 1.29 is 9.90 Å². The van der Waals surface area contributed by atoms with Crippen molar-refractivity contribution in [3.8, 4) is 11.3 Å². The van der Waals surface area contributed by atoms with Crippen LogP contribution in [0.5, 0.6) is 0 Å². The Morgan fingerprint density at radius 1 is 1.37 bits per heavy atom. The fourth-order valence-corrected chi connectivity index (χ4v) is 3.55. The van der Waals surface area contributed by atoms with Crippen molar-refractivity contribution in [3.05, 3.63) is 40.2 Å². The molecule has 1 aliphatic carbocycles. The molecule has 0 radical (unpaired) electrons. The van der Waals surface area contributed by atoms with Crippen LogP contribution in [0.1, 0.15) is 40.9 Å². The predicted molar refractivity (Wildman–Crippen MR) is 75.6 cm³/mol. The lowest BCUT2D eigenvalue weighted by Gasteiger charge is -1.98. The van der Waals surface area contributed by atoms with E-state index in [0.29, 0.717) is 16.5 Å². The number of nitrogens with zero attached hydrogens (tertiary/aromatic N) is 1. The molecule has 1 aromatic heterocycles. The highest BCUT2D eigenvalue weighted by Gasteiger charge is 2.48. The zero-order valence-electron chi connectivity index (χ0n) is 10.9. The van der Waals surface area contributed by atoms with Crippen LogP contribution in [0.2, 0.25) is 0 Å². The van der Waals surface area contributed by atoms with Crippen molar-refractivity contribution in [3.63, 3.8) is 0 Å². The van der Waals surface area contributed by atoms with Crippen LogP contribution in [0, 0.1) is 5.41 Å². The van der Waals surface area contributed by atoms with E-state index in [-0.39, 0.29) is 5.41 Å². The smallest absolute Gasteiger partial charge is 0.348 e. The van der Waals surface area contributed by atoms with Crippen LogP contribution < -0.4 is 0 Å². The van der Waals surface area contributed by atoms with Gasteiger partial charge < -0.3 is 5.11 Å². The van der Waals surface area contributed by atoms with Crippen LogP contribution in [0.15, 0.2) is 30.3 Å². The molecular formula is C15H15NO2S. The summed E-state index contributed by atoms with van der Waals surface area (Å²) in [5.41, 5.74) is 1.75. The van der Waals surface area contributed by atoms with E-state index in [2.05, 4.69) is 18.8 Å². The van der Waals surface area contributed by atoms with Crippen molar-refractivity contribution in [2.75, 3.05) is 0 Å². The maximum absolute atomic E-state index is 11.4. The fraction of sp³-hybridized carbons (Fsp3) is 0.333. The highest BCUT2D eigenvalue weighted by Crippen LogP contribution is 2.59. The number of thiazole rings is 1. The first-order chi connectivity index (χ1) is 8.99. The molecule has 1 aromatic carbocycles. The third-order valence-electron chi connectivity index (χ3n) is 3.70. The molecular weight excluding hydrogens is 258 g/mol. The molecule has 0 spiro atoms. The second kappa shape index (κ2) is 4.17. The van der Waals surface area contributed by atoms with Gasteiger partial charge in [0.25, 0.3) is 0 Å². The van der Waals surface area contributed by atoms with E-state index in [4.69, 9.17) is 0 Å². The number of aromatic nitrogens is 1. The van der Waals surface area contributed by atoms with Crippen LogP contribution >= 0.6 is 11.3 Å². The molecule has 3 rings (SSSR count). The molecule has 0 aliphatic heterocycles. The minimum absolute atomic E-state index is 0.265. The summed E-state index contributed by atoms with van der Waals surface area (Å²) in [5.74, 6) is -0.478. The molecule has 1 heterocycles. The van der Waals surface area contributed by atoms with Crippen LogP contribution in [0.3, 0.4) is 0 Å². The SMILES string of the molecule is CC1(C)CC1c1nc(-c2ccccc2)c(C(=O)O)s1. The topological polar surface area (TPSA) is 50.2 Å². The quantitative estimate of drug-likeness (QED) is 0.918. The van der Waals surface area contributed by atoms with Gasteiger partial charge in [-0.15, -0.1) is 11.3 Å². The van der Waals surface area contributed by atoms with Gasteiger partial charge in [-0.2, -0.15) is 0 Å². The Bertz CT molecular complexity index is 631. The lowest BCUT2D eigenvalue weighted by atomic mass is 10.1. The molecule has 4 heteroatoms. The molecule has 0 amide bonds. The third kappa shape index (κ3) is 2.16. The minimum Gasteiger partial charge on any atom is -0.477 e. The Kier molecular flexibility index (Phi) is 2.71. The monoisotopic (exact) mass is 273 g/mol. The van der Waals surface area contributed by atoms with Gasteiger partial charge in [0.05, 0.1) is 10.7 Å². The number of carboxylic acids is 1. The zero-order chi connectivity index (χ0) is 13.6. The van der Waals surface area contributed by atoms with Crippen LogP contribution in [0.4, 0.5) is 0 Å². The molecule has 1 N–H and O–H groups in total. The molecule has 98 valence electrons. The third-order valence-corrected chi connectivity index (χ3v) is 4.85. The summed E-state index contributed by atoms with van der Waals surface area (Å²) in [6.07, 6.45) is 1.09. The maximum atomic E-state index is 11.4. The van der Waals surface area contributed by atoms with E-state index in [9.17, 15) is 9.90 Å². The van der Waals surface area contributed by atoms with Crippen LogP contribution in [-0.4, -0.2) is 16.1 Å². The number of aromatic carboxylic acids is 1. The summed E-state index contributed by atoms with van der Waals surface area (Å²) in [5, 5.41) is 10.3. The number of carboxylic acid groups (broad SMARTS) is 1. The first-order valence-electron chi connectivity index (χ1n) is 6.28. The molecule has 1 fully saturated rings. The molecule has 1 atom stereocenters. The molecule has 3 nitrogen and oxygen atoms in total. The molecule has 19 heavy (non-hydrogen) atoms. The predicted octanol–water partition coefficient (Wildman–Crippen LogP) is 4.02. The average Bonchev–Trinajstić information content (AvgIpc) is 2.85. The number of rotatable bonds is 3. The van der Waals surface area contributed by atoms with E-state index in [1.807, 2.05) is 30.3 Å². The molecule has 1 saturated carbocycles. The second-order valence-corrected chi connectivity index (χ2v) is 6.68. The Balaban J connectivity index is 2.06. The molecule has 2 aromatic rings. The molecule has 1 unspecified atom stereocenters. The van der Waals surface area contributed by atoms with Gasteiger partial charge in [-0.3, -0.25) is 0 Å². The molecule has 1 aliphatic rings. The Hall–Kier alpha value is -1.68. The number of hydrogen-bond donors (Lipinski definition) is 1. The van der Waals surface area contributed by atoms with Gasteiger partial charge in [0.1, 0.15) is 4.88 Å². The fourth-order valence-electron chi connectivity index (χ4n) is 2.31. The van der Waals surface area contributed by atoms with Gasteiger partial charge in [0.2, 0.25) is 0 Å². The van der Waals surface area contributed by atoms with E-state index >= 15 is 0 Å². The Labute approximate surface area is 115 Å². The Morgan fingerprint density at radius 2 is 2.00 bits per heavy atom. The summed E-state index contributed by atoms with van der Waals surface area (Å²) < 4.78 is 0. The second-order valence-electron chi connectivity index (χ2n) is 5.65. The van der Waals surface area contributed by atoms with Gasteiger partial charge >= 0.3 is 5.97 Å². The maximum Gasteiger partial charge on any atom is 0.348 e. The summed E-state index contributed by atoms with van der Waals surface area (Å²) in [6, 6.07) is 9.54. The van der Waals surface area contributed by atoms with E-state index in [1.54, 1.807) is 0 Å². The van der Waals surface area contributed by atoms with Gasteiger partial charge in [-0.25, -0.2) is 9.78 Å². The molecule has 0 saturated heterocycles. The summed E-state index contributed by atoms with van der Waals surface area (Å²) in [7, 11) is 0. The average molecular weight is 273 g/mol. The number of benzene rings is 1. The standard InChI is InChI=1S/C15H15NO2S/c1-15(2)8-10(15)13-16-11(12(19-13)14(17)18)9-6-4-3-5-7-9/h3-7,10H,8H2,1-2H3,(H,17,18). The first kappa shape index (κ1) is 12.4. The first-order valence-corrected chi connectivity index (χ1v) is 7.10. The number of carbonyl (C=O) groups is 1. The minimum atomic E-state index is -0.888. The van der Waals surface area contributed by atoms with E-state index < -0.39 is 5.97 Å². The highest BCUT2D eigenvalue weighted by atomic mass is 32.1. The molecule has 0 bridgehead atoms. The normalized spacial score (nSPS) is 20.2. The van der Waals surface area contributed by atoms with Crippen LogP contribution in [0.25, 0.3) is 11.3 Å². The lowest BCUT2D eigenvalue weighted by molar-refractivity contribution is 0.0702. The van der Waals surface area contributed by atoms with Crippen molar-refractivity contribution in [1.82, 2.24) is 4.98 Å². The van der Waals surface area contributed by atoms with Crippen molar-refractivity contribution >= 4 is 17.3 Å². The van der Waals surface area contributed by atoms with Gasteiger partial charge in [0.15, 0.2) is 0 Å². The van der Waals surface area contributed by atoms with Gasteiger partial charge in [-0.1, -0.05) is 44.2 Å². The van der Waals surface area contributed by atoms with Crippen LogP contribution in [-0.2, 0) is 0 Å². The van der Waals surface area contributed by atoms with Gasteiger partial charge in [-0.05, 0) is 11.8 Å². The summed E-state index contributed by atoms with van der Waals surface area (Å²) >= 11 is 1.32. The van der Waals surface area contributed by atoms with E-state index in [1.165, 1.54) is 11.3 Å².